The fraction of sp³-hybridized carbons (Fsp3) is 0.348. The number of nitrogens with zero attached hydrogens (tertiary/aromatic N) is 1. The molecule has 0 spiro atoms. The smallest absolute Gasteiger partial charge is 0.311 e. The number of amides is 2. The van der Waals surface area contributed by atoms with Gasteiger partial charge in [0.25, 0.3) is 5.91 Å². The number of hydrogen-bond acceptors (Lipinski definition) is 4. The number of para-hydroxylation sites is 1. The lowest BCUT2D eigenvalue weighted by molar-refractivity contribution is -0.151. The Bertz CT molecular complexity index is 944. The van der Waals surface area contributed by atoms with Crippen molar-refractivity contribution in [2.45, 2.75) is 34.1 Å². The summed E-state index contributed by atoms with van der Waals surface area (Å²) in [6, 6.07) is 11.5. The van der Waals surface area contributed by atoms with Crippen molar-refractivity contribution in [1.82, 2.24) is 0 Å². The molecule has 2 amide bonds. The molecule has 0 radical (unpaired) electrons. The monoisotopic (exact) mass is 394 g/mol. The van der Waals surface area contributed by atoms with E-state index in [1.807, 2.05) is 64.1 Å². The van der Waals surface area contributed by atoms with Crippen molar-refractivity contribution in [1.29, 1.82) is 0 Å². The summed E-state index contributed by atoms with van der Waals surface area (Å²) in [6.07, 6.45) is 0.0883. The van der Waals surface area contributed by atoms with Gasteiger partial charge in [-0.3, -0.25) is 14.4 Å². The molecule has 0 unspecified atom stereocenters. The minimum absolute atomic E-state index is 0.0883. The molecule has 1 heterocycles. The molecule has 1 saturated heterocycles. The second-order valence-electron chi connectivity index (χ2n) is 7.62. The summed E-state index contributed by atoms with van der Waals surface area (Å²) in [5.74, 6) is -1.61. The molecule has 1 aliphatic heterocycles. The number of benzene rings is 2. The Kier molecular flexibility index (Phi) is 6.01. The van der Waals surface area contributed by atoms with Crippen molar-refractivity contribution in [2.75, 3.05) is 23.4 Å². The van der Waals surface area contributed by atoms with E-state index in [9.17, 15) is 14.4 Å². The van der Waals surface area contributed by atoms with Crippen LogP contribution in [0, 0.1) is 33.6 Å². The Morgan fingerprint density at radius 2 is 1.72 bits per heavy atom. The first-order valence-electron chi connectivity index (χ1n) is 9.66. The van der Waals surface area contributed by atoms with E-state index < -0.39 is 17.8 Å². The van der Waals surface area contributed by atoms with Crippen LogP contribution in [0.4, 0.5) is 11.4 Å². The highest BCUT2D eigenvalue weighted by Crippen LogP contribution is 2.28. The minimum Gasteiger partial charge on any atom is -0.455 e. The number of aryl methyl sites for hydroxylation is 4. The van der Waals surface area contributed by atoms with Crippen molar-refractivity contribution in [2.24, 2.45) is 5.92 Å². The maximum absolute atomic E-state index is 12.4. The Morgan fingerprint density at radius 3 is 2.38 bits per heavy atom. The van der Waals surface area contributed by atoms with E-state index in [2.05, 4.69) is 5.32 Å². The third-order valence-corrected chi connectivity index (χ3v) is 5.15. The molecule has 1 fully saturated rings. The number of ether oxygens (including phenoxy) is 1. The number of esters is 1. The molecule has 1 atom stereocenters. The predicted octanol–water partition coefficient (Wildman–Crippen LogP) is 3.46. The highest BCUT2D eigenvalue weighted by Gasteiger charge is 2.36. The lowest BCUT2D eigenvalue weighted by Gasteiger charge is -2.18. The Labute approximate surface area is 170 Å². The maximum Gasteiger partial charge on any atom is 0.311 e. The molecule has 6 nitrogen and oxygen atoms in total. The standard InChI is InChI=1S/C23H26N2O4/c1-14-9-16(3)22(17(4)10-14)24-20(26)13-29-23(28)18-11-21(27)25(12-18)19-8-6-5-7-15(19)2/h5-10,18H,11-13H2,1-4H3,(H,24,26)/t18-/m1/s1. The molecule has 3 rings (SSSR count). The minimum atomic E-state index is -0.572. The van der Waals surface area contributed by atoms with Crippen LogP contribution in [0.5, 0.6) is 0 Å². The average molecular weight is 394 g/mol. The van der Waals surface area contributed by atoms with Gasteiger partial charge >= 0.3 is 5.97 Å². The highest BCUT2D eigenvalue weighted by molar-refractivity contribution is 6.00. The van der Waals surface area contributed by atoms with E-state index in [0.717, 1.165) is 33.6 Å². The van der Waals surface area contributed by atoms with Crippen molar-refractivity contribution >= 4 is 29.2 Å². The summed E-state index contributed by atoms with van der Waals surface area (Å²) in [5.41, 5.74) is 5.54. The molecule has 0 saturated carbocycles. The number of carbonyl (C=O) groups is 3. The van der Waals surface area contributed by atoms with Crippen molar-refractivity contribution in [3.05, 3.63) is 58.7 Å². The number of nitrogens with one attached hydrogen (secondary N) is 1. The molecular weight excluding hydrogens is 368 g/mol. The SMILES string of the molecule is Cc1cc(C)c(NC(=O)COC(=O)[C@@H]2CC(=O)N(c3ccccc3C)C2)c(C)c1. The molecule has 0 bridgehead atoms. The van der Waals surface area contributed by atoms with Gasteiger partial charge in [-0.1, -0.05) is 35.9 Å². The molecular formula is C23H26N2O4. The largest absolute Gasteiger partial charge is 0.455 e. The molecule has 6 heteroatoms. The normalized spacial score (nSPS) is 16.1. The van der Waals surface area contributed by atoms with Gasteiger partial charge in [-0.15, -0.1) is 0 Å². The number of hydrogen-bond donors (Lipinski definition) is 1. The van der Waals surface area contributed by atoms with Crippen molar-refractivity contribution in [3.63, 3.8) is 0 Å². The van der Waals surface area contributed by atoms with Gasteiger partial charge in [-0.2, -0.15) is 0 Å². The van der Waals surface area contributed by atoms with Crippen LogP contribution in [0.3, 0.4) is 0 Å². The molecule has 2 aromatic rings. The average Bonchev–Trinajstić information content (AvgIpc) is 3.04. The van der Waals surface area contributed by atoms with Crippen LogP contribution in [0.1, 0.15) is 28.7 Å². The van der Waals surface area contributed by atoms with Crippen LogP contribution >= 0.6 is 0 Å². The summed E-state index contributed by atoms with van der Waals surface area (Å²) in [7, 11) is 0. The molecule has 1 N–H and O–H groups in total. The lowest BCUT2D eigenvalue weighted by atomic mass is 10.1. The van der Waals surface area contributed by atoms with E-state index >= 15 is 0 Å². The molecule has 1 aliphatic rings. The van der Waals surface area contributed by atoms with Crippen molar-refractivity contribution in [3.8, 4) is 0 Å². The second-order valence-corrected chi connectivity index (χ2v) is 7.62. The molecule has 0 aliphatic carbocycles. The first-order chi connectivity index (χ1) is 13.8. The number of carbonyl (C=O) groups excluding carboxylic acids is 3. The Morgan fingerprint density at radius 1 is 1.07 bits per heavy atom. The first kappa shape index (κ1) is 20.6. The van der Waals surface area contributed by atoms with Crippen LogP contribution in [0.15, 0.2) is 36.4 Å². The van der Waals surface area contributed by atoms with E-state index in [1.165, 1.54) is 0 Å². The molecule has 152 valence electrons. The zero-order valence-electron chi connectivity index (χ0n) is 17.2. The lowest BCUT2D eigenvalue weighted by Crippen LogP contribution is -2.28. The summed E-state index contributed by atoms with van der Waals surface area (Å²) in [4.78, 5) is 38.6. The second kappa shape index (κ2) is 8.47. The Balaban J connectivity index is 1.57. The van der Waals surface area contributed by atoms with E-state index in [0.29, 0.717) is 0 Å². The van der Waals surface area contributed by atoms with Crippen LogP contribution in [0.25, 0.3) is 0 Å². The summed E-state index contributed by atoms with van der Waals surface area (Å²) in [6.45, 7) is 7.66. The fourth-order valence-electron chi connectivity index (χ4n) is 3.77. The zero-order chi connectivity index (χ0) is 21.1. The van der Waals surface area contributed by atoms with Gasteiger partial charge in [0, 0.05) is 24.3 Å². The summed E-state index contributed by atoms with van der Waals surface area (Å²) >= 11 is 0. The number of rotatable bonds is 5. The van der Waals surface area contributed by atoms with E-state index in [-0.39, 0.29) is 25.5 Å². The molecule has 29 heavy (non-hydrogen) atoms. The van der Waals surface area contributed by atoms with Crippen LogP contribution in [0.2, 0.25) is 0 Å². The van der Waals surface area contributed by atoms with Gasteiger partial charge in [-0.25, -0.2) is 0 Å². The molecule has 0 aromatic heterocycles. The first-order valence-corrected chi connectivity index (χ1v) is 9.66. The van der Waals surface area contributed by atoms with Crippen LogP contribution < -0.4 is 10.2 Å². The summed E-state index contributed by atoms with van der Waals surface area (Å²) in [5, 5.41) is 2.81. The highest BCUT2D eigenvalue weighted by atomic mass is 16.5. The van der Waals surface area contributed by atoms with Gasteiger partial charge < -0.3 is 15.0 Å². The third-order valence-electron chi connectivity index (χ3n) is 5.15. The zero-order valence-corrected chi connectivity index (χ0v) is 17.2. The van der Waals surface area contributed by atoms with E-state index in [1.54, 1.807) is 4.90 Å². The van der Waals surface area contributed by atoms with Crippen molar-refractivity contribution < 1.29 is 19.1 Å². The molecule has 2 aromatic carbocycles. The van der Waals surface area contributed by atoms with Crippen LogP contribution in [-0.2, 0) is 19.1 Å². The van der Waals surface area contributed by atoms with Gasteiger partial charge in [0.15, 0.2) is 6.61 Å². The van der Waals surface area contributed by atoms with Crippen LogP contribution in [-0.4, -0.2) is 30.9 Å². The number of anilines is 2. The third kappa shape index (κ3) is 4.65. The Hall–Kier alpha value is -3.15. The maximum atomic E-state index is 12.4. The van der Waals surface area contributed by atoms with Gasteiger partial charge in [0.1, 0.15) is 0 Å². The fourth-order valence-corrected chi connectivity index (χ4v) is 3.77. The predicted molar refractivity (Wildman–Crippen MR) is 112 cm³/mol. The van der Waals surface area contributed by atoms with E-state index in [4.69, 9.17) is 4.74 Å². The van der Waals surface area contributed by atoms with Gasteiger partial charge in [0.05, 0.1) is 5.92 Å². The topological polar surface area (TPSA) is 75.7 Å². The quantitative estimate of drug-likeness (QED) is 0.788. The summed E-state index contributed by atoms with van der Waals surface area (Å²) < 4.78 is 5.20. The van der Waals surface area contributed by atoms with Gasteiger partial charge in [0.2, 0.25) is 5.91 Å². The van der Waals surface area contributed by atoms with Gasteiger partial charge in [-0.05, 0) is 50.5 Å².